The molecule has 0 saturated carbocycles. The molecule has 1 aromatic heterocycles. The van der Waals surface area contributed by atoms with Crippen molar-refractivity contribution in [3.05, 3.63) is 59.2 Å². The summed E-state index contributed by atoms with van der Waals surface area (Å²) in [6.07, 6.45) is 0. The number of hydrogen-bond donors (Lipinski definition) is 1. The molecule has 0 bridgehead atoms. The van der Waals surface area contributed by atoms with Crippen LogP contribution in [0.4, 0.5) is 5.69 Å². The van der Waals surface area contributed by atoms with Gasteiger partial charge in [-0.3, -0.25) is 4.79 Å². The number of rotatable bonds is 5. The van der Waals surface area contributed by atoms with Gasteiger partial charge < -0.3 is 5.32 Å². The normalized spacial score (nSPS) is 12.0. The van der Waals surface area contributed by atoms with Crippen LogP contribution in [-0.2, 0) is 4.79 Å². The second-order valence-electron chi connectivity index (χ2n) is 6.16. The van der Waals surface area contributed by atoms with Crippen molar-refractivity contribution in [2.45, 2.75) is 38.1 Å². The highest BCUT2D eigenvalue weighted by molar-refractivity contribution is 8.00. The number of para-hydroxylation sites is 1. The van der Waals surface area contributed by atoms with E-state index in [-0.39, 0.29) is 11.2 Å². The van der Waals surface area contributed by atoms with E-state index in [1.165, 1.54) is 17.3 Å². The van der Waals surface area contributed by atoms with Gasteiger partial charge in [0.15, 0.2) is 0 Å². The first-order valence-electron chi connectivity index (χ1n) is 8.35. The number of aromatic nitrogens is 4. The Balaban J connectivity index is 1.78. The molecule has 0 spiro atoms. The van der Waals surface area contributed by atoms with Crippen LogP contribution in [0.2, 0.25) is 0 Å². The highest BCUT2D eigenvalue weighted by atomic mass is 32.2. The zero-order valence-electron chi connectivity index (χ0n) is 15.2. The number of thioether (sulfide) groups is 1. The van der Waals surface area contributed by atoms with Crippen molar-refractivity contribution in [3.63, 3.8) is 0 Å². The van der Waals surface area contributed by atoms with Gasteiger partial charge in [0.2, 0.25) is 11.1 Å². The third-order valence-corrected chi connectivity index (χ3v) is 5.33. The molecule has 1 amide bonds. The molecule has 0 fully saturated rings. The van der Waals surface area contributed by atoms with Crippen molar-refractivity contribution in [3.8, 4) is 5.69 Å². The van der Waals surface area contributed by atoms with Crippen molar-refractivity contribution in [2.75, 3.05) is 5.32 Å². The van der Waals surface area contributed by atoms with E-state index in [9.17, 15) is 4.79 Å². The Morgan fingerprint density at radius 3 is 2.58 bits per heavy atom. The summed E-state index contributed by atoms with van der Waals surface area (Å²) in [5, 5.41) is 15.2. The molecule has 0 saturated heterocycles. The predicted molar refractivity (Wildman–Crippen MR) is 104 cm³/mol. The van der Waals surface area contributed by atoms with Crippen molar-refractivity contribution in [2.24, 2.45) is 0 Å². The Bertz CT molecular complexity index is 937. The first kappa shape index (κ1) is 18.1. The van der Waals surface area contributed by atoms with Gasteiger partial charge in [-0.2, -0.15) is 4.68 Å². The second-order valence-corrected chi connectivity index (χ2v) is 7.46. The molecule has 0 aliphatic heterocycles. The fourth-order valence-corrected chi connectivity index (χ4v) is 3.33. The summed E-state index contributed by atoms with van der Waals surface area (Å²) in [5.74, 6) is -0.0835. The number of amides is 1. The van der Waals surface area contributed by atoms with E-state index in [0.29, 0.717) is 5.16 Å². The van der Waals surface area contributed by atoms with E-state index < -0.39 is 0 Å². The van der Waals surface area contributed by atoms with E-state index in [1.807, 2.05) is 70.2 Å². The van der Waals surface area contributed by atoms with E-state index in [0.717, 1.165) is 22.5 Å². The number of hydrogen-bond acceptors (Lipinski definition) is 5. The average molecular weight is 367 g/mol. The molecule has 26 heavy (non-hydrogen) atoms. The van der Waals surface area contributed by atoms with Gasteiger partial charge in [-0.1, -0.05) is 42.1 Å². The molecular formula is C19H21N5OS. The highest BCUT2D eigenvalue weighted by Crippen LogP contribution is 2.26. The maximum Gasteiger partial charge on any atom is 0.237 e. The molecular weight excluding hydrogens is 346 g/mol. The zero-order chi connectivity index (χ0) is 18.7. The Labute approximate surface area is 157 Å². The molecule has 1 atom stereocenters. The SMILES string of the molecule is Cc1ccccc1NC(=O)[C@@H](C)Sc1nnnn1-c1cccc(C)c1C. The topological polar surface area (TPSA) is 72.7 Å². The van der Waals surface area contributed by atoms with Crippen molar-refractivity contribution in [1.82, 2.24) is 20.2 Å². The van der Waals surface area contributed by atoms with Crippen molar-refractivity contribution >= 4 is 23.4 Å². The Morgan fingerprint density at radius 2 is 1.81 bits per heavy atom. The quantitative estimate of drug-likeness (QED) is 0.696. The average Bonchev–Trinajstić information content (AvgIpc) is 3.07. The van der Waals surface area contributed by atoms with Crippen LogP contribution in [0.25, 0.3) is 5.69 Å². The van der Waals surface area contributed by atoms with Gasteiger partial charge in [0.1, 0.15) is 0 Å². The van der Waals surface area contributed by atoms with E-state index in [2.05, 4.69) is 20.8 Å². The van der Waals surface area contributed by atoms with Gasteiger partial charge in [0, 0.05) is 5.69 Å². The van der Waals surface area contributed by atoms with E-state index >= 15 is 0 Å². The summed E-state index contributed by atoms with van der Waals surface area (Å²) in [6, 6.07) is 13.7. The molecule has 3 aromatic rings. The van der Waals surface area contributed by atoms with Crippen LogP contribution in [0.1, 0.15) is 23.6 Å². The molecule has 7 heteroatoms. The lowest BCUT2D eigenvalue weighted by molar-refractivity contribution is -0.115. The van der Waals surface area contributed by atoms with Gasteiger partial charge in [0.25, 0.3) is 0 Å². The lowest BCUT2D eigenvalue weighted by Gasteiger charge is -2.14. The van der Waals surface area contributed by atoms with Crippen LogP contribution >= 0.6 is 11.8 Å². The monoisotopic (exact) mass is 367 g/mol. The van der Waals surface area contributed by atoms with Gasteiger partial charge in [-0.25, -0.2) is 0 Å². The molecule has 0 aliphatic rings. The number of nitrogens with zero attached hydrogens (tertiary/aromatic N) is 4. The first-order valence-corrected chi connectivity index (χ1v) is 9.23. The second kappa shape index (κ2) is 7.70. The first-order chi connectivity index (χ1) is 12.5. The molecule has 0 aliphatic carbocycles. The number of carbonyl (C=O) groups is 1. The van der Waals surface area contributed by atoms with Crippen molar-refractivity contribution < 1.29 is 4.79 Å². The van der Waals surface area contributed by atoms with E-state index in [1.54, 1.807) is 4.68 Å². The van der Waals surface area contributed by atoms with Crippen LogP contribution in [0.3, 0.4) is 0 Å². The van der Waals surface area contributed by atoms with Gasteiger partial charge in [-0.15, -0.1) is 5.10 Å². The summed E-state index contributed by atoms with van der Waals surface area (Å²) in [5.41, 5.74) is 5.04. The molecule has 1 heterocycles. The summed E-state index contributed by atoms with van der Waals surface area (Å²) >= 11 is 1.33. The van der Waals surface area contributed by atoms with Crippen LogP contribution in [0, 0.1) is 20.8 Å². The van der Waals surface area contributed by atoms with Gasteiger partial charge in [-0.05, 0) is 66.9 Å². The zero-order valence-corrected chi connectivity index (χ0v) is 16.0. The Kier molecular flexibility index (Phi) is 5.37. The summed E-state index contributed by atoms with van der Waals surface area (Å²) in [6.45, 7) is 7.90. The minimum atomic E-state index is -0.343. The fraction of sp³-hybridized carbons (Fsp3) is 0.263. The summed E-state index contributed by atoms with van der Waals surface area (Å²) < 4.78 is 1.69. The number of anilines is 1. The molecule has 0 unspecified atom stereocenters. The third kappa shape index (κ3) is 3.77. The lowest BCUT2D eigenvalue weighted by Crippen LogP contribution is -2.23. The molecule has 2 aromatic carbocycles. The maximum absolute atomic E-state index is 12.5. The minimum Gasteiger partial charge on any atom is -0.325 e. The predicted octanol–water partition coefficient (Wildman–Crippen LogP) is 3.71. The van der Waals surface area contributed by atoms with E-state index in [4.69, 9.17) is 0 Å². The van der Waals surface area contributed by atoms with Crippen LogP contribution in [0.15, 0.2) is 47.6 Å². The van der Waals surface area contributed by atoms with Crippen LogP contribution < -0.4 is 5.32 Å². The van der Waals surface area contributed by atoms with Gasteiger partial charge in [0.05, 0.1) is 10.9 Å². The minimum absolute atomic E-state index is 0.0835. The molecule has 1 N–H and O–H groups in total. The summed E-state index contributed by atoms with van der Waals surface area (Å²) in [7, 11) is 0. The molecule has 3 rings (SSSR count). The number of nitrogens with one attached hydrogen (secondary N) is 1. The number of carbonyl (C=O) groups excluding carboxylic acids is 1. The number of aryl methyl sites for hydroxylation is 2. The maximum atomic E-state index is 12.5. The summed E-state index contributed by atoms with van der Waals surface area (Å²) in [4.78, 5) is 12.5. The number of tetrazole rings is 1. The van der Waals surface area contributed by atoms with Crippen molar-refractivity contribution in [1.29, 1.82) is 0 Å². The standard InChI is InChI=1S/C19H21N5OS/c1-12-9-7-11-17(14(12)3)24-19(21-22-23-24)26-15(4)18(25)20-16-10-6-5-8-13(16)2/h5-11,15H,1-4H3,(H,20,25)/t15-/m1/s1. The molecule has 0 radical (unpaired) electrons. The molecule has 6 nitrogen and oxygen atoms in total. The van der Waals surface area contributed by atoms with Gasteiger partial charge >= 0.3 is 0 Å². The third-order valence-electron chi connectivity index (χ3n) is 4.30. The largest absolute Gasteiger partial charge is 0.325 e. The fourth-order valence-electron chi connectivity index (χ4n) is 2.53. The van der Waals surface area contributed by atoms with Crippen LogP contribution in [0.5, 0.6) is 0 Å². The highest BCUT2D eigenvalue weighted by Gasteiger charge is 2.20. The Morgan fingerprint density at radius 1 is 1.08 bits per heavy atom. The molecule has 134 valence electrons. The number of benzene rings is 2. The van der Waals surface area contributed by atoms with Crippen LogP contribution in [-0.4, -0.2) is 31.4 Å². The smallest absolute Gasteiger partial charge is 0.237 e. The Hall–Kier alpha value is -2.67. The lowest BCUT2D eigenvalue weighted by atomic mass is 10.1.